The topological polar surface area (TPSA) is 41.8 Å². The molecule has 2 aromatic heterocycles. The number of benzene rings is 1. The fourth-order valence-corrected chi connectivity index (χ4v) is 2.85. The maximum absolute atomic E-state index is 5.76. The van der Waals surface area contributed by atoms with Gasteiger partial charge in [-0.1, -0.05) is 19.3 Å². The van der Waals surface area contributed by atoms with E-state index in [4.69, 9.17) is 4.42 Å². The zero-order valence-corrected chi connectivity index (χ0v) is 15.2. The third-order valence-electron chi connectivity index (χ3n) is 3.25. The number of hydrogen-bond acceptors (Lipinski definition) is 2. The van der Waals surface area contributed by atoms with E-state index in [0.29, 0.717) is 17.3 Å². The van der Waals surface area contributed by atoms with Gasteiger partial charge in [0, 0.05) is 10.9 Å². The molecule has 0 aliphatic heterocycles. The van der Waals surface area contributed by atoms with Gasteiger partial charge in [-0.3, -0.25) is 0 Å². The largest absolute Gasteiger partial charge is 0.445 e. The molecule has 3 aromatic rings. The molecule has 22 heavy (non-hydrogen) atoms. The fourth-order valence-electron chi connectivity index (χ4n) is 2.08. The smallest absolute Gasteiger partial charge is 0.177 e. The molecule has 2 heterocycles. The van der Waals surface area contributed by atoms with E-state index >= 15 is 0 Å². The van der Waals surface area contributed by atoms with E-state index in [2.05, 4.69) is 60.6 Å². The van der Waals surface area contributed by atoms with Crippen LogP contribution < -0.4 is 0 Å². The molecule has 3 rings (SSSR count). The Balaban J connectivity index is 1.90. The van der Waals surface area contributed by atoms with Gasteiger partial charge in [0.25, 0.3) is 0 Å². The van der Waals surface area contributed by atoms with E-state index in [1.165, 1.54) is 0 Å². The van der Waals surface area contributed by atoms with Crippen LogP contribution in [0.1, 0.15) is 31.9 Å². The summed E-state index contributed by atoms with van der Waals surface area (Å²) in [5, 5.41) is 0. The minimum Gasteiger partial charge on any atom is -0.445 e. The van der Waals surface area contributed by atoms with Crippen LogP contribution in [0.5, 0.6) is 0 Å². The highest BCUT2D eigenvalue weighted by molar-refractivity contribution is 9.13. The van der Waals surface area contributed by atoms with Crippen LogP contribution in [-0.4, -0.2) is 9.97 Å². The minimum absolute atomic E-state index is 0.673. The maximum atomic E-state index is 5.76. The Kier molecular flexibility index (Phi) is 4.70. The average Bonchev–Trinajstić information content (AvgIpc) is 3.14. The van der Waals surface area contributed by atoms with Crippen LogP contribution >= 0.6 is 31.9 Å². The molecule has 0 radical (unpaired) electrons. The first-order chi connectivity index (χ1) is 10.7. The molecule has 5 heteroatoms. The van der Waals surface area contributed by atoms with Crippen molar-refractivity contribution >= 4 is 42.9 Å². The number of imidazole rings is 1. The molecular formula is C17H14Br2N2O. The van der Waals surface area contributed by atoms with Crippen LogP contribution in [0.3, 0.4) is 0 Å². The van der Waals surface area contributed by atoms with Crippen LogP contribution in [0.4, 0.5) is 0 Å². The SMILES string of the molecule is CCCCC#Cc1ccc(-c2nc3ccc(Br)c(Br)c3[nH]2)o1. The second kappa shape index (κ2) is 6.72. The zero-order chi connectivity index (χ0) is 15.5. The number of nitrogens with one attached hydrogen (secondary N) is 1. The number of aromatic nitrogens is 2. The molecular weight excluding hydrogens is 408 g/mol. The molecule has 112 valence electrons. The molecule has 0 aliphatic carbocycles. The lowest BCUT2D eigenvalue weighted by atomic mass is 10.2. The molecule has 0 fully saturated rings. The molecule has 3 nitrogen and oxygen atoms in total. The highest BCUT2D eigenvalue weighted by Crippen LogP contribution is 2.32. The lowest BCUT2D eigenvalue weighted by molar-refractivity contribution is 0.565. The van der Waals surface area contributed by atoms with Crippen LogP contribution in [0, 0.1) is 11.8 Å². The van der Waals surface area contributed by atoms with Gasteiger partial charge >= 0.3 is 0 Å². The molecule has 0 bridgehead atoms. The van der Waals surface area contributed by atoms with Crippen molar-refractivity contribution < 1.29 is 4.42 Å². The van der Waals surface area contributed by atoms with E-state index in [1.807, 2.05) is 24.3 Å². The summed E-state index contributed by atoms with van der Waals surface area (Å²) < 4.78 is 7.69. The van der Waals surface area contributed by atoms with Crippen molar-refractivity contribution in [3.05, 3.63) is 39.0 Å². The van der Waals surface area contributed by atoms with Gasteiger partial charge < -0.3 is 9.40 Å². The quantitative estimate of drug-likeness (QED) is 0.423. The Hall–Kier alpha value is -1.51. The lowest BCUT2D eigenvalue weighted by Gasteiger charge is -1.95. The number of H-pyrrole nitrogens is 1. The van der Waals surface area contributed by atoms with Gasteiger partial charge in [0.05, 0.1) is 15.5 Å². The molecule has 0 saturated carbocycles. The van der Waals surface area contributed by atoms with Crippen molar-refractivity contribution in [1.29, 1.82) is 0 Å². The summed E-state index contributed by atoms with van der Waals surface area (Å²) in [6, 6.07) is 7.69. The summed E-state index contributed by atoms with van der Waals surface area (Å²) in [6.45, 7) is 2.16. The van der Waals surface area contributed by atoms with Gasteiger partial charge in [0.1, 0.15) is 0 Å². The molecule has 0 amide bonds. The lowest BCUT2D eigenvalue weighted by Crippen LogP contribution is -1.75. The number of halogens is 2. The highest BCUT2D eigenvalue weighted by Gasteiger charge is 2.12. The van der Waals surface area contributed by atoms with Gasteiger partial charge in [0.2, 0.25) is 0 Å². The fraction of sp³-hybridized carbons (Fsp3) is 0.235. The van der Waals surface area contributed by atoms with Gasteiger partial charge in [-0.2, -0.15) is 0 Å². The van der Waals surface area contributed by atoms with Crippen molar-refractivity contribution in [2.75, 3.05) is 0 Å². The van der Waals surface area contributed by atoms with E-state index in [1.54, 1.807) is 0 Å². The van der Waals surface area contributed by atoms with Crippen molar-refractivity contribution in [2.45, 2.75) is 26.2 Å². The molecule has 0 spiro atoms. The third-order valence-corrected chi connectivity index (χ3v) is 5.27. The van der Waals surface area contributed by atoms with Gasteiger partial charge in [-0.15, -0.1) is 0 Å². The predicted molar refractivity (Wildman–Crippen MR) is 95.6 cm³/mol. The van der Waals surface area contributed by atoms with Gasteiger partial charge in [0.15, 0.2) is 17.3 Å². The van der Waals surface area contributed by atoms with Crippen LogP contribution in [0.15, 0.2) is 37.6 Å². The number of fused-ring (bicyclic) bond motifs is 1. The highest BCUT2D eigenvalue weighted by atomic mass is 79.9. The molecule has 1 aromatic carbocycles. The Labute approximate surface area is 145 Å². The molecule has 0 atom stereocenters. The first-order valence-electron chi connectivity index (χ1n) is 7.12. The summed E-state index contributed by atoms with van der Waals surface area (Å²) in [5.74, 6) is 8.24. The van der Waals surface area contributed by atoms with E-state index in [9.17, 15) is 0 Å². The zero-order valence-electron chi connectivity index (χ0n) is 12.0. The van der Waals surface area contributed by atoms with Gasteiger partial charge in [-0.05, 0) is 68.5 Å². The molecule has 0 aliphatic rings. The number of unbranched alkanes of at least 4 members (excludes halogenated alkanes) is 2. The summed E-state index contributed by atoms with van der Waals surface area (Å²) in [4.78, 5) is 7.84. The van der Waals surface area contributed by atoms with Crippen LogP contribution in [0.2, 0.25) is 0 Å². The number of hydrogen-bond donors (Lipinski definition) is 1. The van der Waals surface area contributed by atoms with Crippen LogP contribution in [-0.2, 0) is 0 Å². The van der Waals surface area contributed by atoms with E-state index in [-0.39, 0.29) is 0 Å². The monoisotopic (exact) mass is 420 g/mol. The van der Waals surface area contributed by atoms with Crippen molar-refractivity contribution in [1.82, 2.24) is 9.97 Å². The Bertz CT molecular complexity index is 868. The predicted octanol–water partition coefficient (Wildman–Crippen LogP) is 5.89. The minimum atomic E-state index is 0.673. The van der Waals surface area contributed by atoms with Crippen molar-refractivity contribution in [2.24, 2.45) is 0 Å². The van der Waals surface area contributed by atoms with Crippen LogP contribution in [0.25, 0.3) is 22.6 Å². The van der Waals surface area contributed by atoms with E-state index in [0.717, 1.165) is 39.2 Å². The normalized spacial score (nSPS) is 10.7. The standard InChI is InChI=1S/C17H14Br2N2O/c1-2-3-4-5-6-11-7-10-14(22-11)17-20-13-9-8-12(18)15(19)16(13)21-17/h7-10H,2-4H2,1H3,(H,20,21). The second-order valence-corrected chi connectivity index (χ2v) is 6.56. The van der Waals surface area contributed by atoms with Gasteiger partial charge in [-0.25, -0.2) is 4.98 Å². The second-order valence-electron chi connectivity index (χ2n) is 4.91. The number of aromatic amines is 1. The molecule has 0 unspecified atom stereocenters. The number of furan rings is 1. The number of rotatable bonds is 3. The summed E-state index contributed by atoms with van der Waals surface area (Å²) in [7, 11) is 0. The maximum Gasteiger partial charge on any atom is 0.177 e. The summed E-state index contributed by atoms with van der Waals surface area (Å²) >= 11 is 7.04. The molecule has 0 saturated heterocycles. The summed E-state index contributed by atoms with van der Waals surface area (Å²) in [5.41, 5.74) is 1.83. The van der Waals surface area contributed by atoms with Crippen molar-refractivity contribution in [3.63, 3.8) is 0 Å². The molecule has 1 N–H and O–H groups in total. The summed E-state index contributed by atoms with van der Waals surface area (Å²) in [6.07, 6.45) is 3.17. The Morgan fingerprint density at radius 1 is 1.23 bits per heavy atom. The average molecular weight is 422 g/mol. The third kappa shape index (κ3) is 3.13. The first-order valence-corrected chi connectivity index (χ1v) is 8.70. The Morgan fingerprint density at radius 2 is 2.09 bits per heavy atom. The number of nitrogens with zero attached hydrogens (tertiary/aromatic N) is 1. The van der Waals surface area contributed by atoms with E-state index < -0.39 is 0 Å². The van der Waals surface area contributed by atoms with Crippen molar-refractivity contribution in [3.8, 4) is 23.4 Å². The first kappa shape index (κ1) is 15.4. The Morgan fingerprint density at radius 3 is 2.91 bits per heavy atom.